The second-order valence-corrected chi connectivity index (χ2v) is 7.49. The minimum Gasteiger partial charge on any atom is -0.393 e. The third kappa shape index (κ3) is 3.97. The number of benzene rings is 1. The lowest BCUT2D eigenvalue weighted by atomic mass is 10.1. The zero-order chi connectivity index (χ0) is 21.4. The van der Waals surface area contributed by atoms with Crippen LogP contribution >= 0.6 is 0 Å². The van der Waals surface area contributed by atoms with Gasteiger partial charge in [-0.05, 0) is 37.1 Å². The summed E-state index contributed by atoms with van der Waals surface area (Å²) in [6, 6.07) is 9.48. The molecule has 4 N–H and O–H groups in total. The van der Waals surface area contributed by atoms with Crippen molar-refractivity contribution in [2.24, 2.45) is 0 Å². The van der Waals surface area contributed by atoms with Crippen LogP contribution in [-0.4, -0.2) is 55.4 Å². The normalized spacial score (nSPS) is 14.8. The largest absolute Gasteiger partial charge is 0.393 e. The standard InChI is InChI=1S/C21H20FN7O2/c22-13-2-3-15-16(9-13)25-20(24-15)17-10-18(28-27-17)26-21(31)12-1-4-19(23-11-12)29-7-5-14(30)6-8-29/h1-4,9-11,14,30H,5-8H2,(H,24,25)(H2,26,27,28,31). The Labute approximate surface area is 176 Å². The van der Waals surface area contributed by atoms with Gasteiger partial charge >= 0.3 is 0 Å². The lowest BCUT2D eigenvalue weighted by Crippen LogP contribution is -2.36. The van der Waals surface area contributed by atoms with Gasteiger partial charge in [-0.3, -0.25) is 9.89 Å². The highest BCUT2D eigenvalue weighted by Crippen LogP contribution is 2.22. The van der Waals surface area contributed by atoms with E-state index in [1.165, 1.54) is 18.3 Å². The number of nitrogens with zero attached hydrogens (tertiary/aromatic N) is 4. The highest BCUT2D eigenvalue weighted by molar-refractivity contribution is 6.03. The number of pyridine rings is 1. The zero-order valence-electron chi connectivity index (χ0n) is 16.5. The van der Waals surface area contributed by atoms with Gasteiger partial charge in [-0.15, -0.1) is 0 Å². The molecule has 10 heteroatoms. The maximum absolute atomic E-state index is 13.4. The van der Waals surface area contributed by atoms with E-state index in [1.807, 2.05) is 0 Å². The average Bonchev–Trinajstić information content (AvgIpc) is 3.41. The van der Waals surface area contributed by atoms with E-state index in [4.69, 9.17) is 0 Å². The maximum Gasteiger partial charge on any atom is 0.258 e. The Hall–Kier alpha value is -3.79. The number of hydrogen-bond acceptors (Lipinski definition) is 6. The highest BCUT2D eigenvalue weighted by Gasteiger charge is 2.19. The summed E-state index contributed by atoms with van der Waals surface area (Å²) >= 11 is 0. The molecule has 1 amide bonds. The molecule has 1 fully saturated rings. The van der Waals surface area contributed by atoms with Gasteiger partial charge in [0, 0.05) is 31.4 Å². The van der Waals surface area contributed by atoms with Crippen LogP contribution in [0.1, 0.15) is 23.2 Å². The monoisotopic (exact) mass is 421 g/mol. The number of piperidine rings is 1. The summed E-state index contributed by atoms with van der Waals surface area (Å²) in [6.45, 7) is 1.48. The molecule has 4 heterocycles. The van der Waals surface area contributed by atoms with Crippen LogP contribution in [0.15, 0.2) is 42.6 Å². The van der Waals surface area contributed by atoms with Gasteiger partial charge in [-0.25, -0.2) is 14.4 Å². The fourth-order valence-electron chi connectivity index (χ4n) is 3.60. The number of carbonyl (C=O) groups is 1. The summed E-state index contributed by atoms with van der Waals surface area (Å²) in [5.41, 5.74) is 2.17. The number of halogens is 1. The van der Waals surface area contributed by atoms with Crippen LogP contribution in [0.5, 0.6) is 0 Å². The molecule has 0 spiro atoms. The molecule has 1 aliphatic heterocycles. The first-order valence-corrected chi connectivity index (χ1v) is 9.96. The number of imidazole rings is 1. The number of anilines is 2. The molecule has 0 aliphatic carbocycles. The van der Waals surface area contributed by atoms with Crippen molar-refractivity contribution in [1.29, 1.82) is 0 Å². The van der Waals surface area contributed by atoms with Gasteiger partial charge in [-0.1, -0.05) is 0 Å². The number of hydrogen-bond donors (Lipinski definition) is 4. The molecule has 0 bridgehead atoms. The molecule has 1 saturated heterocycles. The molecule has 4 aromatic rings. The van der Waals surface area contributed by atoms with E-state index in [9.17, 15) is 14.3 Å². The molecule has 31 heavy (non-hydrogen) atoms. The summed E-state index contributed by atoms with van der Waals surface area (Å²) in [7, 11) is 0. The minimum atomic E-state index is -0.361. The summed E-state index contributed by atoms with van der Waals surface area (Å²) < 4.78 is 13.4. The van der Waals surface area contributed by atoms with Gasteiger partial charge < -0.3 is 20.3 Å². The van der Waals surface area contributed by atoms with Crippen molar-refractivity contribution in [3.63, 3.8) is 0 Å². The number of rotatable bonds is 4. The van der Waals surface area contributed by atoms with Crippen LogP contribution in [0.3, 0.4) is 0 Å². The first-order valence-electron chi connectivity index (χ1n) is 9.96. The summed E-state index contributed by atoms with van der Waals surface area (Å²) in [5.74, 6) is 0.914. The topological polar surface area (TPSA) is 123 Å². The summed E-state index contributed by atoms with van der Waals surface area (Å²) in [5, 5.41) is 19.3. The van der Waals surface area contributed by atoms with Crippen LogP contribution in [0, 0.1) is 5.82 Å². The van der Waals surface area contributed by atoms with Gasteiger partial charge in [-0.2, -0.15) is 5.10 Å². The van der Waals surface area contributed by atoms with E-state index >= 15 is 0 Å². The number of aliphatic hydroxyl groups excluding tert-OH is 1. The van der Waals surface area contributed by atoms with Crippen molar-refractivity contribution < 1.29 is 14.3 Å². The number of aromatic amines is 2. The lowest BCUT2D eigenvalue weighted by molar-refractivity contribution is 0.102. The number of fused-ring (bicyclic) bond motifs is 1. The van der Waals surface area contributed by atoms with E-state index in [-0.39, 0.29) is 17.8 Å². The van der Waals surface area contributed by atoms with Crippen LogP contribution < -0.4 is 10.2 Å². The summed E-state index contributed by atoms with van der Waals surface area (Å²) in [6.07, 6.45) is 2.70. The molecular weight excluding hydrogens is 401 g/mol. The second kappa shape index (κ2) is 7.80. The van der Waals surface area contributed by atoms with Crippen LogP contribution in [0.25, 0.3) is 22.6 Å². The van der Waals surface area contributed by atoms with Crippen molar-refractivity contribution in [1.82, 2.24) is 25.1 Å². The van der Waals surface area contributed by atoms with Crippen LogP contribution in [-0.2, 0) is 0 Å². The predicted molar refractivity (Wildman–Crippen MR) is 113 cm³/mol. The maximum atomic E-state index is 13.4. The average molecular weight is 421 g/mol. The molecule has 0 atom stereocenters. The van der Waals surface area contributed by atoms with Crippen molar-refractivity contribution in [3.8, 4) is 11.5 Å². The number of aromatic nitrogens is 5. The van der Waals surface area contributed by atoms with Crippen molar-refractivity contribution in [2.75, 3.05) is 23.3 Å². The first kappa shape index (κ1) is 19.2. The minimum absolute atomic E-state index is 0.249. The first-order chi connectivity index (χ1) is 15.0. The fraction of sp³-hybridized carbons (Fsp3) is 0.238. The molecule has 1 aliphatic rings. The molecule has 5 rings (SSSR count). The Kier molecular flexibility index (Phi) is 4.83. The summed E-state index contributed by atoms with van der Waals surface area (Å²) in [4.78, 5) is 26.5. The number of nitrogens with one attached hydrogen (secondary N) is 3. The number of amides is 1. The fourth-order valence-corrected chi connectivity index (χ4v) is 3.60. The molecule has 3 aromatic heterocycles. The van der Waals surface area contributed by atoms with Gasteiger partial charge in [0.15, 0.2) is 11.6 Å². The molecule has 0 unspecified atom stereocenters. The molecule has 0 saturated carbocycles. The SMILES string of the molecule is O=C(Nc1cc(-c2nc3cc(F)ccc3[nH]2)[nH]n1)c1ccc(N2CCC(O)CC2)nc1. The quantitative estimate of drug-likeness (QED) is 0.402. The predicted octanol–water partition coefficient (Wildman–Crippen LogP) is 2.70. The molecular formula is C21H20FN7O2. The zero-order valence-corrected chi connectivity index (χ0v) is 16.5. The van der Waals surface area contributed by atoms with Crippen molar-refractivity contribution in [2.45, 2.75) is 18.9 Å². The van der Waals surface area contributed by atoms with E-state index in [1.54, 1.807) is 24.3 Å². The van der Waals surface area contributed by atoms with E-state index in [2.05, 4.69) is 35.4 Å². The molecule has 9 nitrogen and oxygen atoms in total. The van der Waals surface area contributed by atoms with Gasteiger partial charge in [0.25, 0.3) is 5.91 Å². The van der Waals surface area contributed by atoms with E-state index in [0.717, 1.165) is 18.9 Å². The Morgan fingerprint density at radius 1 is 1.19 bits per heavy atom. The van der Waals surface area contributed by atoms with Gasteiger partial charge in [0.05, 0.1) is 22.7 Å². The lowest BCUT2D eigenvalue weighted by Gasteiger charge is -2.30. The third-order valence-electron chi connectivity index (χ3n) is 5.32. The van der Waals surface area contributed by atoms with Crippen LogP contribution in [0.4, 0.5) is 16.0 Å². The number of aliphatic hydroxyl groups is 1. The van der Waals surface area contributed by atoms with Crippen molar-refractivity contribution in [3.05, 3.63) is 54.0 Å². The molecule has 158 valence electrons. The number of carbonyl (C=O) groups excluding carboxylic acids is 1. The van der Waals surface area contributed by atoms with Gasteiger partial charge in [0.1, 0.15) is 17.3 Å². The smallest absolute Gasteiger partial charge is 0.258 e. The van der Waals surface area contributed by atoms with E-state index < -0.39 is 0 Å². The highest BCUT2D eigenvalue weighted by atomic mass is 19.1. The number of H-pyrrole nitrogens is 2. The Morgan fingerprint density at radius 3 is 2.81 bits per heavy atom. The van der Waals surface area contributed by atoms with E-state index in [0.29, 0.717) is 46.8 Å². The second-order valence-electron chi connectivity index (χ2n) is 7.49. The molecule has 0 radical (unpaired) electrons. The third-order valence-corrected chi connectivity index (χ3v) is 5.32. The Morgan fingerprint density at radius 2 is 2.03 bits per heavy atom. The van der Waals surface area contributed by atoms with Gasteiger partial charge in [0.2, 0.25) is 0 Å². The Bertz CT molecular complexity index is 1230. The molecule has 1 aromatic carbocycles. The van der Waals surface area contributed by atoms with Crippen LogP contribution in [0.2, 0.25) is 0 Å². The Balaban J connectivity index is 1.27. The van der Waals surface area contributed by atoms with Crippen molar-refractivity contribution >= 4 is 28.6 Å².